The maximum Gasteiger partial charge on any atom is 0.141 e. The van der Waals surface area contributed by atoms with E-state index in [1.54, 1.807) is 0 Å². The number of hydrogen-bond donors (Lipinski definition) is 1. The number of nitrogens with zero attached hydrogens (tertiary/aromatic N) is 2. The highest BCUT2D eigenvalue weighted by Gasteiger charge is 2.14. The van der Waals surface area contributed by atoms with Crippen molar-refractivity contribution < 1.29 is 0 Å². The summed E-state index contributed by atoms with van der Waals surface area (Å²) in [7, 11) is 0. The molecule has 0 atom stereocenters. The van der Waals surface area contributed by atoms with E-state index >= 15 is 0 Å². The number of imidazole rings is 1. The van der Waals surface area contributed by atoms with Crippen LogP contribution in [0.25, 0.3) is 22.4 Å². The molecular weight excluding hydrogens is 305 g/mol. The van der Waals surface area contributed by atoms with Crippen molar-refractivity contribution in [3.8, 4) is 11.4 Å². The van der Waals surface area contributed by atoms with Crippen LogP contribution in [0.4, 0.5) is 5.69 Å². The van der Waals surface area contributed by atoms with Gasteiger partial charge in [-0.25, -0.2) is 4.98 Å². The Labute approximate surface area is 133 Å². The summed E-state index contributed by atoms with van der Waals surface area (Å²) in [6, 6.07) is 11.7. The topological polar surface area (TPSA) is 43.8 Å². The molecule has 0 amide bonds. The zero-order chi connectivity index (χ0) is 15.0. The molecule has 2 aromatic carbocycles. The first-order valence-corrected chi connectivity index (χ1v) is 7.57. The average Bonchev–Trinajstić information content (AvgIpc) is 2.84. The number of nitrogen functional groups attached to an aromatic ring is 1. The van der Waals surface area contributed by atoms with E-state index in [1.807, 2.05) is 30.3 Å². The summed E-state index contributed by atoms with van der Waals surface area (Å²) in [5, 5.41) is 0.903. The summed E-state index contributed by atoms with van der Waals surface area (Å²) >= 11 is 12.3. The fourth-order valence-electron chi connectivity index (χ4n) is 2.46. The minimum absolute atomic E-state index is 0.403. The minimum Gasteiger partial charge on any atom is -0.396 e. The van der Waals surface area contributed by atoms with Crippen LogP contribution in [0.2, 0.25) is 10.0 Å². The second-order valence-corrected chi connectivity index (χ2v) is 5.74. The van der Waals surface area contributed by atoms with Crippen LogP contribution in [0.5, 0.6) is 0 Å². The number of aromatic nitrogens is 2. The van der Waals surface area contributed by atoms with Crippen molar-refractivity contribution in [3.05, 3.63) is 46.4 Å². The standard InChI is InChI=1S/C16H15Cl2N3/c1-2-7-21-14-6-4-3-5-13(14)20-16(21)10-8-11(17)15(19)12(18)9-10/h3-6,8-9H,2,7,19H2,1H3. The third kappa shape index (κ3) is 2.47. The molecule has 0 aliphatic heterocycles. The summed E-state index contributed by atoms with van der Waals surface area (Å²) in [5.74, 6) is 0.863. The van der Waals surface area contributed by atoms with Gasteiger partial charge in [0.25, 0.3) is 0 Å². The molecule has 0 aliphatic rings. The maximum absolute atomic E-state index is 6.15. The molecule has 0 unspecified atom stereocenters. The molecule has 5 heteroatoms. The van der Waals surface area contributed by atoms with Gasteiger partial charge >= 0.3 is 0 Å². The third-order valence-corrected chi connectivity index (χ3v) is 4.06. The number of fused-ring (bicyclic) bond motifs is 1. The van der Waals surface area contributed by atoms with Gasteiger partial charge in [0.1, 0.15) is 5.82 Å². The Kier molecular flexibility index (Phi) is 3.79. The van der Waals surface area contributed by atoms with Crippen molar-refractivity contribution in [2.45, 2.75) is 19.9 Å². The van der Waals surface area contributed by atoms with Gasteiger partial charge in [0, 0.05) is 12.1 Å². The van der Waals surface area contributed by atoms with Crippen molar-refractivity contribution in [3.63, 3.8) is 0 Å². The number of aryl methyl sites for hydroxylation is 1. The van der Waals surface area contributed by atoms with Crippen molar-refractivity contribution >= 4 is 39.9 Å². The Hall–Kier alpha value is -1.71. The van der Waals surface area contributed by atoms with Crippen molar-refractivity contribution in [2.24, 2.45) is 0 Å². The van der Waals surface area contributed by atoms with Crippen LogP contribution >= 0.6 is 23.2 Å². The molecule has 1 heterocycles. The van der Waals surface area contributed by atoms with E-state index in [-0.39, 0.29) is 0 Å². The van der Waals surface area contributed by atoms with E-state index in [4.69, 9.17) is 33.9 Å². The lowest BCUT2D eigenvalue weighted by Gasteiger charge is -2.10. The Morgan fingerprint density at radius 1 is 1.14 bits per heavy atom. The quantitative estimate of drug-likeness (QED) is 0.690. The van der Waals surface area contributed by atoms with Gasteiger partial charge in [0.2, 0.25) is 0 Å². The van der Waals surface area contributed by atoms with E-state index in [0.717, 1.165) is 35.4 Å². The number of rotatable bonds is 3. The van der Waals surface area contributed by atoms with Gasteiger partial charge in [0.05, 0.1) is 26.8 Å². The molecule has 21 heavy (non-hydrogen) atoms. The highest BCUT2D eigenvalue weighted by molar-refractivity contribution is 6.39. The molecule has 0 radical (unpaired) electrons. The highest BCUT2D eigenvalue weighted by atomic mass is 35.5. The fourth-order valence-corrected chi connectivity index (χ4v) is 2.95. The first kappa shape index (κ1) is 14.2. The number of benzene rings is 2. The molecule has 0 saturated heterocycles. The summed E-state index contributed by atoms with van der Waals surface area (Å²) in [4.78, 5) is 4.72. The first-order valence-electron chi connectivity index (χ1n) is 6.82. The van der Waals surface area contributed by atoms with Gasteiger partial charge in [-0.2, -0.15) is 0 Å². The Bertz CT molecular complexity index is 785. The maximum atomic E-state index is 6.15. The van der Waals surface area contributed by atoms with Crippen LogP contribution in [-0.2, 0) is 6.54 Å². The van der Waals surface area contributed by atoms with Crippen LogP contribution in [0.3, 0.4) is 0 Å². The SMILES string of the molecule is CCCn1c(-c2cc(Cl)c(N)c(Cl)c2)nc2ccccc21. The molecule has 0 spiro atoms. The Morgan fingerprint density at radius 3 is 2.48 bits per heavy atom. The lowest BCUT2D eigenvalue weighted by molar-refractivity contribution is 0.704. The summed E-state index contributed by atoms with van der Waals surface area (Å²) < 4.78 is 2.19. The molecule has 0 bridgehead atoms. The van der Waals surface area contributed by atoms with Crippen molar-refractivity contribution in [1.82, 2.24) is 9.55 Å². The molecule has 3 rings (SSSR count). The fraction of sp³-hybridized carbons (Fsp3) is 0.188. The number of nitrogens with two attached hydrogens (primary N) is 1. The van der Waals surface area contributed by atoms with E-state index < -0.39 is 0 Å². The lowest BCUT2D eigenvalue weighted by Crippen LogP contribution is -2.00. The van der Waals surface area contributed by atoms with Gasteiger partial charge in [-0.15, -0.1) is 0 Å². The van der Waals surface area contributed by atoms with Crippen molar-refractivity contribution in [2.75, 3.05) is 5.73 Å². The van der Waals surface area contributed by atoms with Gasteiger partial charge in [-0.3, -0.25) is 0 Å². The molecule has 3 nitrogen and oxygen atoms in total. The zero-order valence-corrected chi connectivity index (χ0v) is 13.1. The number of hydrogen-bond acceptors (Lipinski definition) is 2. The lowest BCUT2D eigenvalue weighted by atomic mass is 10.2. The van der Waals surface area contributed by atoms with Gasteiger partial charge < -0.3 is 10.3 Å². The van der Waals surface area contributed by atoms with Crippen LogP contribution in [-0.4, -0.2) is 9.55 Å². The monoisotopic (exact) mass is 319 g/mol. The molecule has 2 N–H and O–H groups in total. The zero-order valence-electron chi connectivity index (χ0n) is 11.6. The summed E-state index contributed by atoms with van der Waals surface area (Å²) in [5.41, 5.74) is 9.16. The second kappa shape index (κ2) is 5.58. The van der Waals surface area contributed by atoms with E-state index in [2.05, 4.69) is 17.6 Å². The highest BCUT2D eigenvalue weighted by Crippen LogP contribution is 2.34. The molecule has 0 saturated carbocycles. The largest absolute Gasteiger partial charge is 0.396 e. The number of para-hydroxylation sites is 2. The van der Waals surface area contributed by atoms with Crippen LogP contribution < -0.4 is 5.73 Å². The second-order valence-electron chi connectivity index (χ2n) is 4.93. The Balaban J connectivity index is 2.26. The number of anilines is 1. The predicted molar refractivity (Wildman–Crippen MR) is 89.9 cm³/mol. The smallest absolute Gasteiger partial charge is 0.141 e. The van der Waals surface area contributed by atoms with Crippen LogP contribution in [0.1, 0.15) is 13.3 Å². The van der Waals surface area contributed by atoms with Gasteiger partial charge in [-0.05, 0) is 30.7 Å². The molecule has 1 aromatic heterocycles. The van der Waals surface area contributed by atoms with Crippen LogP contribution in [0, 0.1) is 0 Å². The minimum atomic E-state index is 0.403. The summed E-state index contributed by atoms with van der Waals surface area (Å²) in [6.07, 6.45) is 1.02. The Morgan fingerprint density at radius 2 is 1.81 bits per heavy atom. The molecule has 3 aromatic rings. The van der Waals surface area contributed by atoms with Gasteiger partial charge in [0.15, 0.2) is 0 Å². The normalized spacial score (nSPS) is 11.2. The van der Waals surface area contributed by atoms with Gasteiger partial charge in [-0.1, -0.05) is 42.3 Å². The van der Waals surface area contributed by atoms with E-state index in [0.29, 0.717) is 15.7 Å². The van der Waals surface area contributed by atoms with E-state index in [1.165, 1.54) is 0 Å². The van der Waals surface area contributed by atoms with Crippen LogP contribution in [0.15, 0.2) is 36.4 Å². The molecule has 0 aliphatic carbocycles. The molecular formula is C16H15Cl2N3. The van der Waals surface area contributed by atoms with Crippen molar-refractivity contribution in [1.29, 1.82) is 0 Å². The third-order valence-electron chi connectivity index (χ3n) is 3.44. The predicted octanol–water partition coefficient (Wildman–Crippen LogP) is 5.00. The van der Waals surface area contributed by atoms with E-state index in [9.17, 15) is 0 Å². The summed E-state index contributed by atoms with van der Waals surface area (Å²) in [6.45, 7) is 3.02. The first-order chi connectivity index (χ1) is 10.1. The molecule has 108 valence electrons. The number of halogens is 2. The molecule has 0 fully saturated rings. The average molecular weight is 320 g/mol.